The van der Waals surface area contributed by atoms with E-state index in [2.05, 4.69) is 11.0 Å². The summed E-state index contributed by atoms with van der Waals surface area (Å²) in [7, 11) is 0. The molecule has 1 aliphatic heterocycles. The molecule has 0 aromatic carbocycles. The van der Waals surface area contributed by atoms with Crippen molar-refractivity contribution in [3.05, 3.63) is 0 Å². The van der Waals surface area contributed by atoms with Gasteiger partial charge in [-0.2, -0.15) is 5.26 Å². The minimum absolute atomic E-state index is 0.109. The highest BCUT2D eigenvalue weighted by Gasteiger charge is 2.37. The third-order valence-corrected chi connectivity index (χ3v) is 4.38. The van der Waals surface area contributed by atoms with E-state index in [1.54, 1.807) is 4.90 Å². The molecule has 0 aromatic heterocycles. The first kappa shape index (κ1) is 15.3. The standard InChI is InChI=1S/C15H25N3O2/c1-3-17(10-12(2)9-16)15(19)11-18-7-8-20-14-6-4-5-13(14)18/h12-14H,3-8,10-11H2,1-2H3/t12-,13-,14-/m1/s1. The second-order valence-corrected chi connectivity index (χ2v) is 5.84. The topological polar surface area (TPSA) is 56.6 Å². The molecule has 0 bridgehead atoms. The molecule has 1 saturated heterocycles. The lowest BCUT2D eigenvalue weighted by Gasteiger charge is -2.38. The number of carbonyl (C=O) groups is 1. The van der Waals surface area contributed by atoms with Crippen LogP contribution >= 0.6 is 0 Å². The summed E-state index contributed by atoms with van der Waals surface area (Å²) in [5, 5.41) is 8.89. The summed E-state index contributed by atoms with van der Waals surface area (Å²) >= 11 is 0. The molecule has 1 amide bonds. The summed E-state index contributed by atoms with van der Waals surface area (Å²) < 4.78 is 5.77. The summed E-state index contributed by atoms with van der Waals surface area (Å²) in [6.07, 6.45) is 3.78. The van der Waals surface area contributed by atoms with Gasteiger partial charge in [-0.05, 0) is 33.1 Å². The van der Waals surface area contributed by atoms with E-state index in [-0.39, 0.29) is 11.8 Å². The van der Waals surface area contributed by atoms with Crippen LogP contribution in [0, 0.1) is 17.2 Å². The van der Waals surface area contributed by atoms with Gasteiger partial charge in [-0.1, -0.05) is 0 Å². The van der Waals surface area contributed by atoms with Crippen LogP contribution in [-0.2, 0) is 9.53 Å². The summed E-state index contributed by atoms with van der Waals surface area (Å²) in [6, 6.07) is 2.61. The van der Waals surface area contributed by atoms with Gasteiger partial charge in [0.25, 0.3) is 0 Å². The fourth-order valence-corrected chi connectivity index (χ4v) is 3.25. The molecular formula is C15H25N3O2. The number of likely N-dealkylation sites (N-methyl/N-ethyl adjacent to an activating group) is 1. The molecule has 1 heterocycles. The number of amides is 1. The van der Waals surface area contributed by atoms with Crippen molar-refractivity contribution < 1.29 is 9.53 Å². The maximum absolute atomic E-state index is 12.4. The van der Waals surface area contributed by atoms with Gasteiger partial charge in [0.15, 0.2) is 0 Å². The van der Waals surface area contributed by atoms with Gasteiger partial charge in [0.1, 0.15) is 0 Å². The lowest BCUT2D eigenvalue weighted by Crippen LogP contribution is -2.52. The molecule has 5 heteroatoms. The summed E-state index contributed by atoms with van der Waals surface area (Å²) in [5.41, 5.74) is 0. The highest BCUT2D eigenvalue weighted by Crippen LogP contribution is 2.29. The molecule has 0 spiro atoms. The molecule has 3 atom stereocenters. The molecule has 2 fully saturated rings. The van der Waals surface area contributed by atoms with Crippen LogP contribution in [0.1, 0.15) is 33.1 Å². The quantitative estimate of drug-likeness (QED) is 0.760. The predicted octanol–water partition coefficient (Wildman–Crippen LogP) is 1.25. The van der Waals surface area contributed by atoms with Gasteiger partial charge in [0, 0.05) is 25.7 Å². The van der Waals surface area contributed by atoms with Crippen LogP contribution in [0.25, 0.3) is 0 Å². The van der Waals surface area contributed by atoms with Gasteiger partial charge in [0.2, 0.25) is 5.91 Å². The number of morpholine rings is 1. The average molecular weight is 279 g/mol. The molecule has 20 heavy (non-hydrogen) atoms. The zero-order valence-electron chi connectivity index (χ0n) is 12.5. The van der Waals surface area contributed by atoms with Crippen molar-refractivity contribution >= 4 is 5.91 Å². The second kappa shape index (κ2) is 7.05. The highest BCUT2D eigenvalue weighted by atomic mass is 16.5. The lowest BCUT2D eigenvalue weighted by molar-refractivity contribution is -0.136. The smallest absolute Gasteiger partial charge is 0.236 e. The Hall–Kier alpha value is -1.12. The maximum Gasteiger partial charge on any atom is 0.236 e. The number of hydrogen-bond donors (Lipinski definition) is 0. The van der Waals surface area contributed by atoms with E-state index in [4.69, 9.17) is 10.00 Å². The first-order valence-corrected chi connectivity index (χ1v) is 7.68. The number of ether oxygens (including phenoxy) is 1. The van der Waals surface area contributed by atoms with Crippen LogP contribution in [0.3, 0.4) is 0 Å². The molecular weight excluding hydrogens is 254 g/mol. The minimum Gasteiger partial charge on any atom is -0.375 e. The van der Waals surface area contributed by atoms with Crippen molar-refractivity contribution in [2.75, 3.05) is 32.8 Å². The van der Waals surface area contributed by atoms with E-state index in [1.165, 1.54) is 6.42 Å². The van der Waals surface area contributed by atoms with E-state index in [9.17, 15) is 4.79 Å². The summed E-state index contributed by atoms with van der Waals surface area (Å²) in [5.74, 6) is 0.0324. The molecule has 112 valence electrons. The Labute approximate surface area is 121 Å². The van der Waals surface area contributed by atoms with Gasteiger partial charge in [0.05, 0.1) is 31.2 Å². The Kier molecular flexibility index (Phi) is 5.38. The van der Waals surface area contributed by atoms with Crippen LogP contribution in [0.2, 0.25) is 0 Å². The fraction of sp³-hybridized carbons (Fsp3) is 0.867. The fourth-order valence-electron chi connectivity index (χ4n) is 3.25. The van der Waals surface area contributed by atoms with E-state index in [0.717, 1.165) is 26.0 Å². The van der Waals surface area contributed by atoms with Crippen LogP contribution in [-0.4, -0.2) is 60.6 Å². The molecule has 5 nitrogen and oxygen atoms in total. The van der Waals surface area contributed by atoms with Crippen LogP contribution in [0.5, 0.6) is 0 Å². The van der Waals surface area contributed by atoms with E-state index in [1.807, 2.05) is 13.8 Å². The molecule has 1 saturated carbocycles. The van der Waals surface area contributed by atoms with Gasteiger partial charge < -0.3 is 9.64 Å². The molecule has 2 rings (SSSR count). The molecule has 0 unspecified atom stereocenters. The van der Waals surface area contributed by atoms with Crippen molar-refractivity contribution in [1.29, 1.82) is 5.26 Å². The van der Waals surface area contributed by atoms with E-state index < -0.39 is 0 Å². The number of hydrogen-bond acceptors (Lipinski definition) is 4. The number of rotatable bonds is 5. The van der Waals surface area contributed by atoms with Crippen molar-refractivity contribution in [2.24, 2.45) is 5.92 Å². The van der Waals surface area contributed by atoms with Crippen molar-refractivity contribution in [3.8, 4) is 6.07 Å². The SMILES string of the molecule is CCN(C[C@H](C)C#N)C(=O)CN1CCO[C@@H]2CCC[C@H]21. The number of nitrogens with zero attached hydrogens (tertiary/aromatic N) is 3. The largest absolute Gasteiger partial charge is 0.375 e. The summed E-state index contributed by atoms with van der Waals surface area (Å²) in [6.45, 7) is 7.08. The third-order valence-electron chi connectivity index (χ3n) is 4.38. The van der Waals surface area contributed by atoms with Crippen LogP contribution < -0.4 is 0 Å². The Morgan fingerprint density at radius 1 is 1.55 bits per heavy atom. The van der Waals surface area contributed by atoms with Gasteiger partial charge >= 0.3 is 0 Å². The van der Waals surface area contributed by atoms with Crippen molar-refractivity contribution in [3.63, 3.8) is 0 Å². The summed E-state index contributed by atoms with van der Waals surface area (Å²) in [4.78, 5) is 16.5. The second-order valence-electron chi connectivity index (χ2n) is 5.84. The zero-order chi connectivity index (χ0) is 14.5. The monoisotopic (exact) mass is 279 g/mol. The molecule has 2 aliphatic rings. The average Bonchev–Trinajstić information content (AvgIpc) is 2.93. The predicted molar refractivity (Wildman–Crippen MR) is 76.0 cm³/mol. The van der Waals surface area contributed by atoms with Crippen LogP contribution in [0.4, 0.5) is 0 Å². The van der Waals surface area contributed by atoms with Crippen LogP contribution in [0.15, 0.2) is 0 Å². The van der Waals surface area contributed by atoms with Gasteiger partial charge in [-0.3, -0.25) is 9.69 Å². The minimum atomic E-state index is -0.109. The van der Waals surface area contributed by atoms with Gasteiger partial charge in [-0.15, -0.1) is 0 Å². The Bertz CT molecular complexity index is 380. The third kappa shape index (κ3) is 3.50. The van der Waals surface area contributed by atoms with E-state index >= 15 is 0 Å². The van der Waals surface area contributed by atoms with Crippen molar-refractivity contribution in [1.82, 2.24) is 9.80 Å². The lowest BCUT2D eigenvalue weighted by atomic mass is 10.1. The van der Waals surface area contributed by atoms with Gasteiger partial charge in [-0.25, -0.2) is 0 Å². The molecule has 0 radical (unpaired) electrons. The maximum atomic E-state index is 12.4. The highest BCUT2D eigenvalue weighted by molar-refractivity contribution is 5.78. The zero-order valence-corrected chi connectivity index (χ0v) is 12.5. The Morgan fingerprint density at radius 2 is 2.35 bits per heavy atom. The van der Waals surface area contributed by atoms with E-state index in [0.29, 0.717) is 31.8 Å². The molecule has 1 aliphatic carbocycles. The first-order valence-electron chi connectivity index (χ1n) is 7.68. The Morgan fingerprint density at radius 3 is 3.05 bits per heavy atom. The first-order chi connectivity index (χ1) is 9.65. The molecule has 0 aromatic rings. The number of carbonyl (C=O) groups excluding carboxylic acids is 1. The number of nitriles is 1. The molecule has 0 N–H and O–H groups in total. The number of fused-ring (bicyclic) bond motifs is 1. The normalized spacial score (nSPS) is 27.6. The van der Waals surface area contributed by atoms with Crippen molar-refractivity contribution in [2.45, 2.75) is 45.3 Å². The Balaban J connectivity index is 1.90.